The zero-order chi connectivity index (χ0) is 13.8. The molecule has 2 N–H and O–H groups in total. The Labute approximate surface area is 108 Å². The molecule has 7 heteroatoms. The van der Waals surface area contributed by atoms with Gasteiger partial charge >= 0.3 is 5.97 Å². The average molecular weight is 263 g/mol. The third-order valence-corrected chi connectivity index (χ3v) is 2.47. The first-order valence-corrected chi connectivity index (χ1v) is 5.63. The zero-order valence-corrected chi connectivity index (χ0v) is 10.3. The fourth-order valence-corrected chi connectivity index (χ4v) is 1.66. The van der Waals surface area contributed by atoms with Crippen LogP contribution in [0.15, 0.2) is 28.9 Å². The smallest absolute Gasteiger partial charge is 0.323 e. The van der Waals surface area contributed by atoms with E-state index >= 15 is 0 Å². The fourth-order valence-electron chi connectivity index (χ4n) is 1.66. The van der Waals surface area contributed by atoms with Crippen molar-refractivity contribution in [3.05, 3.63) is 41.5 Å². The van der Waals surface area contributed by atoms with Crippen LogP contribution in [0.4, 0.5) is 0 Å². The lowest BCUT2D eigenvalue weighted by molar-refractivity contribution is -0.137. The summed E-state index contributed by atoms with van der Waals surface area (Å²) in [5, 5.41) is 15.1. The molecule has 2 aromatic heterocycles. The van der Waals surface area contributed by atoms with Crippen LogP contribution in [0.3, 0.4) is 0 Å². The van der Waals surface area contributed by atoms with E-state index in [9.17, 15) is 9.59 Å². The number of rotatable bonds is 5. The van der Waals surface area contributed by atoms with E-state index in [1.165, 1.54) is 4.57 Å². The van der Waals surface area contributed by atoms with Crippen molar-refractivity contribution in [2.24, 2.45) is 0 Å². The molecule has 0 aliphatic heterocycles. The third-order valence-electron chi connectivity index (χ3n) is 2.47. The molecule has 0 bridgehead atoms. The number of aryl methyl sites for hydroxylation is 1. The minimum absolute atomic E-state index is 0.206. The van der Waals surface area contributed by atoms with Crippen LogP contribution in [0.5, 0.6) is 0 Å². The summed E-state index contributed by atoms with van der Waals surface area (Å²) in [5.41, 5.74) is 1.03. The largest absolute Gasteiger partial charge is 0.480 e. The van der Waals surface area contributed by atoms with Crippen LogP contribution < -0.4 is 5.32 Å². The molecule has 0 fully saturated rings. The Kier molecular flexibility index (Phi) is 3.65. The van der Waals surface area contributed by atoms with Gasteiger partial charge in [0.2, 0.25) is 0 Å². The van der Waals surface area contributed by atoms with Crippen molar-refractivity contribution < 1.29 is 19.2 Å². The zero-order valence-electron chi connectivity index (χ0n) is 10.3. The molecule has 0 unspecified atom stereocenters. The molecule has 0 saturated heterocycles. The minimum Gasteiger partial charge on any atom is -0.480 e. The van der Waals surface area contributed by atoms with Crippen LogP contribution in [-0.2, 0) is 17.9 Å². The van der Waals surface area contributed by atoms with Gasteiger partial charge in [0.15, 0.2) is 5.76 Å². The first kappa shape index (κ1) is 12.9. The van der Waals surface area contributed by atoms with E-state index in [1.54, 1.807) is 31.3 Å². The molecule has 0 aliphatic carbocycles. The fraction of sp³-hybridized carbons (Fsp3) is 0.250. The highest BCUT2D eigenvalue weighted by Crippen LogP contribution is 2.05. The summed E-state index contributed by atoms with van der Waals surface area (Å²) in [5.74, 6) is -0.821. The SMILES string of the molecule is Cc1cc(CNC(=O)c2cccn2CC(=O)O)on1. The van der Waals surface area contributed by atoms with E-state index in [1.807, 2.05) is 0 Å². The number of nitrogens with one attached hydrogen (secondary N) is 1. The Bertz CT molecular complexity index is 600. The summed E-state index contributed by atoms with van der Waals surface area (Å²) in [6, 6.07) is 4.90. The standard InChI is InChI=1S/C12H13N3O4/c1-8-5-9(19-14-8)6-13-12(18)10-3-2-4-15(10)7-11(16)17/h2-5H,6-7H2,1H3,(H,13,18)(H,16,17). The number of nitrogens with zero attached hydrogens (tertiary/aromatic N) is 2. The molecule has 0 radical (unpaired) electrons. The first-order valence-electron chi connectivity index (χ1n) is 5.63. The van der Waals surface area contributed by atoms with Crippen molar-refractivity contribution in [1.82, 2.24) is 15.0 Å². The number of carbonyl (C=O) groups is 2. The van der Waals surface area contributed by atoms with Crippen LogP contribution in [-0.4, -0.2) is 26.7 Å². The van der Waals surface area contributed by atoms with Crippen molar-refractivity contribution >= 4 is 11.9 Å². The van der Waals surface area contributed by atoms with E-state index in [-0.39, 0.29) is 19.0 Å². The average Bonchev–Trinajstić information content (AvgIpc) is 2.94. The molecule has 19 heavy (non-hydrogen) atoms. The van der Waals surface area contributed by atoms with Gasteiger partial charge in [0, 0.05) is 12.3 Å². The van der Waals surface area contributed by atoms with Gasteiger partial charge in [-0.05, 0) is 19.1 Å². The Morgan fingerprint density at radius 1 is 1.53 bits per heavy atom. The normalized spacial score (nSPS) is 10.4. The van der Waals surface area contributed by atoms with Gasteiger partial charge in [-0.2, -0.15) is 0 Å². The Morgan fingerprint density at radius 3 is 2.95 bits per heavy atom. The second-order valence-corrected chi connectivity index (χ2v) is 4.03. The minimum atomic E-state index is -1.00. The number of aromatic nitrogens is 2. The third kappa shape index (κ3) is 3.21. The Balaban J connectivity index is 2.00. The van der Waals surface area contributed by atoms with Crippen LogP contribution in [0.2, 0.25) is 0 Å². The van der Waals surface area contributed by atoms with E-state index in [4.69, 9.17) is 9.63 Å². The lowest BCUT2D eigenvalue weighted by atomic mass is 10.3. The van der Waals surface area contributed by atoms with Gasteiger partial charge in [0.25, 0.3) is 5.91 Å². The predicted octanol–water partition coefficient (Wildman–Crippen LogP) is 0.799. The van der Waals surface area contributed by atoms with Gasteiger partial charge < -0.3 is 19.5 Å². The summed E-state index contributed by atoms with van der Waals surface area (Å²) in [4.78, 5) is 22.5. The van der Waals surface area contributed by atoms with Gasteiger partial charge in [-0.1, -0.05) is 5.16 Å². The maximum absolute atomic E-state index is 11.9. The second kappa shape index (κ2) is 5.38. The molecule has 1 amide bonds. The molecule has 0 spiro atoms. The van der Waals surface area contributed by atoms with E-state index in [0.29, 0.717) is 11.5 Å². The lowest BCUT2D eigenvalue weighted by Gasteiger charge is -2.06. The monoisotopic (exact) mass is 263 g/mol. The molecular weight excluding hydrogens is 250 g/mol. The highest BCUT2D eigenvalue weighted by atomic mass is 16.5. The van der Waals surface area contributed by atoms with Crippen LogP contribution in [0, 0.1) is 6.92 Å². The molecular formula is C12H13N3O4. The van der Waals surface area contributed by atoms with Gasteiger partial charge in [-0.3, -0.25) is 9.59 Å². The van der Waals surface area contributed by atoms with Crippen molar-refractivity contribution in [1.29, 1.82) is 0 Å². The molecule has 0 aliphatic rings. The highest BCUT2D eigenvalue weighted by Gasteiger charge is 2.13. The topological polar surface area (TPSA) is 97.4 Å². The summed E-state index contributed by atoms with van der Waals surface area (Å²) < 4.78 is 6.33. The van der Waals surface area contributed by atoms with Crippen molar-refractivity contribution in [3.8, 4) is 0 Å². The first-order chi connectivity index (χ1) is 9.06. The Morgan fingerprint density at radius 2 is 2.32 bits per heavy atom. The molecule has 7 nitrogen and oxygen atoms in total. The molecule has 0 saturated carbocycles. The van der Waals surface area contributed by atoms with Gasteiger partial charge in [0.1, 0.15) is 12.2 Å². The van der Waals surface area contributed by atoms with Crippen LogP contribution >= 0.6 is 0 Å². The van der Waals surface area contributed by atoms with E-state index < -0.39 is 5.97 Å². The quantitative estimate of drug-likeness (QED) is 0.831. The van der Waals surface area contributed by atoms with Crippen LogP contribution in [0.1, 0.15) is 21.9 Å². The predicted molar refractivity (Wildman–Crippen MR) is 64.5 cm³/mol. The number of carbonyl (C=O) groups excluding carboxylic acids is 1. The summed E-state index contributed by atoms with van der Waals surface area (Å²) in [6.07, 6.45) is 1.54. The Hall–Kier alpha value is -2.57. The molecule has 0 aromatic carbocycles. The number of hydrogen-bond acceptors (Lipinski definition) is 4. The van der Waals surface area contributed by atoms with Crippen molar-refractivity contribution in [2.45, 2.75) is 20.0 Å². The van der Waals surface area contributed by atoms with Gasteiger partial charge in [-0.15, -0.1) is 0 Å². The van der Waals surface area contributed by atoms with Gasteiger partial charge in [0.05, 0.1) is 12.2 Å². The van der Waals surface area contributed by atoms with E-state index in [2.05, 4.69) is 10.5 Å². The number of amides is 1. The second-order valence-electron chi connectivity index (χ2n) is 4.03. The molecule has 2 rings (SSSR count). The number of hydrogen-bond donors (Lipinski definition) is 2. The maximum atomic E-state index is 11.9. The van der Waals surface area contributed by atoms with Crippen molar-refractivity contribution in [2.75, 3.05) is 0 Å². The van der Waals surface area contributed by atoms with Crippen molar-refractivity contribution in [3.63, 3.8) is 0 Å². The molecule has 100 valence electrons. The lowest BCUT2D eigenvalue weighted by Crippen LogP contribution is -2.26. The summed E-state index contributed by atoms with van der Waals surface area (Å²) >= 11 is 0. The van der Waals surface area contributed by atoms with Gasteiger partial charge in [-0.25, -0.2) is 0 Å². The number of carboxylic acids is 1. The van der Waals surface area contributed by atoms with E-state index in [0.717, 1.165) is 5.69 Å². The number of carboxylic acid groups (broad SMARTS) is 1. The highest BCUT2D eigenvalue weighted by molar-refractivity contribution is 5.93. The summed E-state index contributed by atoms with van der Waals surface area (Å²) in [6.45, 7) is 1.74. The maximum Gasteiger partial charge on any atom is 0.323 e. The molecule has 0 atom stereocenters. The molecule has 2 aromatic rings. The molecule has 2 heterocycles. The number of aliphatic carboxylic acids is 1. The summed E-state index contributed by atoms with van der Waals surface area (Å²) in [7, 11) is 0. The van der Waals surface area contributed by atoms with Crippen LogP contribution in [0.25, 0.3) is 0 Å².